The number of benzene rings is 2. The molecular formula is C28H34BN3O4. The number of anilines is 1. The first-order chi connectivity index (χ1) is 17.1. The minimum absolute atomic E-state index is 0.00942. The Kier molecular flexibility index (Phi) is 6.01. The summed E-state index contributed by atoms with van der Waals surface area (Å²) in [5.41, 5.74) is 3.56. The summed E-state index contributed by atoms with van der Waals surface area (Å²) in [4.78, 5) is 24.8. The van der Waals surface area contributed by atoms with E-state index in [-0.39, 0.29) is 29.8 Å². The summed E-state index contributed by atoms with van der Waals surface area (Å²) in [5.74, 6) is 1.72. The zero-order valence-corrected chi connectivity index (χ0v) is 21.7. The second-order valence-corrected chi connectivity index (χ2v) is 11.3. The third-order valence-corrected chi connectivity index (χ3v) is 7.23. The molecule has 2 heterocycles. The molecule has 2 N–H and O–H groups in total. The van der Waals surface area contributed by atoms with Gasteiger partial charge in [-0.25, -0.2) is 0 Å². The Labute approximate surface area is 212 Å². The molecule has 2 aliphatic rings. The van der Waals surface area contributed by atoms with Crippen LogP contribution < -0.4 is 20.1 Å². The van der Waals surface area contributed by atoms with Crippen LogP contribution in [0, 0.1) is 0 Å². The summed E-state index contributed by atoms with van der Waals surface area (Å²) in [7, 11) is 2.15. The van der Waals surface area contributed by atoms with E-state index in [0.717, 1.165) is 47.3 Å². The number of hydrogen-bond acceptors (Lipinski definition) is 4. The van der Waals surface area contributed by atoms with E-state index in [1.807, 2.05) is 24.3 Å². The zero-order valence-electron chi connectivity index (χ0n) is 21.7. The first kappa shape index (κ1) is 24.3. The minimum atomic E-state index is -0.516. The van der Waals surface area contributed by atoms with Gasteiger partial charge in [0.15, 0.2) is 11.5 Å². The summed E-state index contributed by atoms with van der Waals surface area (Å²) in [6.07, 6.45) is 1.63. The molecule has 0 saturated heterocycles. The van der Waals surface area contributed by atoms with Gasteiger partial charge in [0, 0.05) is 47.7 Å². The molecule has 0 bridgehead atoms. The third kappa shape index (κ3) is 4.56. The van der Waals surface area contributed by atoms with Crippen LogP contribution >= 0.6 is 0 Å². The Bertz CT molecular complexity index is 1340. The van der Waals surface area contributed by atoms with E-state index in [9.17, 15) is 9.59 Å². The number of amides is 2. The summed E-state index contributed by atoms with van der Waals surface area (Å²) < 4.78 is 13.3. The van der Waals surface area contributed by atoms with E-state index < -0.39 is 5.41 Å². The first-order valence-corrected chi connectivity index (χ1v) is 12.7. The van der Waals surface area contributed by atoms with Crippen molar-refractivity contribution in [1.29, 1.82) is 0 Å². The smallest absolute Gasteiger partial charge is 0.235 e. The number of carbonyl (C=O) groups excluding carboxylic acids is 2. The van der Waals surface area contributed by atoms with Crippen molar-refractivity contribution in [3.05, 3.63) is 53.7 Å². The fraction of sp³-hybridized carbons (Fsp3) is 0.429. The van der Waals surface area contributed by atoms with Crippen molar-refractivity contribution >= 4 is 36.3 Å². The largest absolute Gasteiger partial charge is 0.454 e. The van der Waals surface area contributed by atoms with Crippen LogP contribution in [0.1, 0.15) is 51.8 Å². The van der Waals surface area contributed by atoms with Gasteiger partial charge in [0.05, 0.1) is 5.41 Å². The van der Waals surface area contributed by atoms with Crippen LogP contribution in [-0.2, 0) is 27.0 Å². The molecule has 0 spiro atoms. The average molecular weight is 487 g/mol. The summed E-state index contributed by atoms with van der Waals surface area (Å²) >= 11 is 0. The van der Waals surface area contributed by atoms with Crippen LogP contribution in [-0.4, -0.2) is 37.6 Å². The van der Waals surface area contributed by atoms with Crippen molar-refractivity contribution < 1.29 is 19.1 Å². The van der Waals surface area contributed by atoms with Gasteiger partial charge in [-0.05, 0) is 60.6 Å². The van der Waals surface area contributed by atoms with Gasteiger partial charge >= 0.3 is 0 Å². The lowest BCUT2D eigenvalue weighted by atomic mass is 9.86. The van der Waals surface area contributed by atoms with Gasteiger partial charge in [-0.3, -0.25) is 9.59 Å². The van der Waals surface area contributed by atoms with E-state index in [0.29, 0.717) is 12.3 Å². The van der Waals surface area contributed by atoms with E-state index in [4.69, 9.17) is 9.47 Å². The van der Waals surface area contributed by atoms with Crippen LogP contribution in [0.5, 0.6) is 11.5 Å². The van der Waals surface area contributed by atoms with Crippen LogP contribution in [0.4, 0.5) is 5.69 Å². The Morgan fingerprint density at radius 2 is 1.83 bits per heavy atom. The molecule has 1 saturated carbocycles. The maximum Gasteiger partial charge on any atom is 0.235 e. The molecule has 1 fully saturated rings. The minimum Gasteiger partial charge on any atom is -0.454 e. The third-order valence-electron chi connectivity index (χ3n) is 7.23. The van der Waals surface area contributed by atoms with Crippen LogP contribution in [0.2, 0.25) is 5.82 Å². The average Bonchev–Trinajstić information content (AvgIpc) is 3.36. The molecular weight excluding hydrogens is 453 g/mol. The molecule has 36 heavy (non-hydrogen) atoms. The Morgan fingerprint density at radius 1 is 1.08 bits per heavy atom. The van der Waals surface area contributed by atoms with E-state index >= 15 is 0 Å². The SMILES string of the molecule is B[C@@H](CNC(C)=O)Cn1c(C(C)(C)C)cc2cc(NC(=O)C3(c4ccc5c(c4)OCO5)CC3)ccc21. The fourth-order valence-corrected chi connectivity index (χ4v) is 5.08. The number of fused-ring (bicyclic) bond motifs is 2. The molecule has 0 radical (unpaired) electrons. The second-order valence-electron chi connectivity index (χ2n) is 11.3. The number of aromatic nitrogens is 1. The maximum absolute atomic E-state index is 13.4. The predicted octanol–water partition coefficient (Wildman–Crippen LogP) is 3.90. The fourth-order valence-electron chi connectivity index (χ4n) is 5.08. The molecule has 3 aromatic rings. The molecule has 2 amide bonds. The highest BCUT2D eigenvalue weighted by Crippen LogP contribution is 2.51. The maximum atomic E-state index is 13.4. The normalized spacial score (nSPS) is 16.6. The molecule has 1 aliphatic carbocycles. The number of carbonyl (C=O) groups is 2. The molecule has 1 atom stereocenters. The number of nitrogens with zero attached hydrogens (tertiary/aromatic N) is 1. The van der Waals surface area contributed by atoms with Crippen molar-refractivity contribution in [3.8, 4) is 11.5 Å². The van der Waals surface area contributed by atoms with Crippen molar-refractivity contribution in [3.63, 3.8) is 0 Å². The molecule has 8 heteroatoms. The predicted molar refractivity (Wildman–Crippen MR) is 144 cm³/mol. The summed E-state index contributed by atoms with van der Waals surface area (Å²) in [5, 5.41) is 7.20. The van der Waals surface area contributed by atoms with E-state index in [1.165, 1.54) is 5.69 Å². The van der Waals surface area contributed by atoms with Crippen LogP contribution in [0.25, 0.3) is 10.9 Å². The Morgan fingerprint density at radius 3 is 2.53 bits per heavy atom. The lowest BCUT2D eigenvalue weighted by Crippen LogP contribution is -2.28. The number of rotatable bonds is 7. The highest BCUT2D eigenvalue weighted by atomic mass is 16.7. The Balaban J connectivity index is 1.39. The quantitative estimate of drug-likeness (QED) is 0.496. The molecule has 0 unspecified atom stereocenters. The van der Waals surface area contributed by atoms with Crippen LogP contribution in [0.3, 0.4) is 0 Å². The van der Waals surface area contributed by atoms with Gasteiger partial charge in [-0.2, -0.15) is 0 Å². The molecule has 2 aromatic carbocycles. The topological polar surface area (TPSA) is 81.6 Å². The van der Waals surface area contributed by atoms with Crippen molar-refractivity contribution in [2.45, 2.75) is 63.7 Å². The molecule has 7 nitrogen and oxygen atoms in total. The van der Waals surface area contributed by atoms with E-state index in [1.54, 1.807) is 6.92 Å². The van der Waals surface area contributed by atoms with Crippen molar-refractivity contribution in [2.75, 3.05) is 18.7 Å². The summed E-state index contributed by atoms with van der Waals surface area (Å²) in [6.45, 7) is 9.83. The molecule has 1 aliphatic heterocycles. The number of nitrogens with one attached hydrogen (secondary N) is 2. The molecule has 188 valence electrons. The monoisotopic (exact) mass is 487 g/mol. The van der Waals surface area contributed by atoms with E-state index in [2.05, 4.69) is 62.0 Å². The lowest BCUT2D eigenvalue weighted by Gasteiger charge is -2.24. The lowest BCUT2D eigenvalue weighted by molar-refractivity contribution is -0.119. The van der Waals surface area contributed by atoms with Gasteiger partial charge in [0.1, 0.15) is 7.85 Å². The van der Waals surface area contributed by atoms with Gasteiger partial charge in [0.25, 0.3) is 0 Å². The highest BCUT2D eigenvalue weighted by molar-refractivity contribution is 6.12. The van der Waals surface area contributed by atoms with Crippen molar-refractivity contribution in [1.82, 2.24) is 9.88 Å². The summed E-state index contributed by atoms with van der Waals surface area (Å²) in [6, 6.07) is 14.2. The highest BCUT2D eigenvalue weighted by Gasteiger charge is 2.51. The van der Waals surface area contributed by atoms with Gasteiger partial charge < -0.3 is 24.7 Å². The van der Waals surface area contributed by atoms with Crippen molar-refractivity contribution in [2.24, 2.45) is 0 Å². The zero-order chi connectivity index (χ0) is 25.7. The van der Waals surface area contributed by atoms with Gasteiger partial charge in [-0.1, -0.05) is 26.8 Å². The standard InChI is InChI=1S/C28H34BN3O4/c1-17(33)30-14-20(29)15-32-22-7-6-21(11-18(22)12-25(32)27(2,3)4)31-26(34)28(9-10-28)19-5-8-23-24(13-19)36-16-35-23/h5-8,11-13,20H,9-10,14-16,29H2,1-4H3,(H,30,33)(H,31,34)/t20-/m0/s1. The molecule has 1 aromatic heterocycles. The second kappa shape index (κ2) is 8.91. The first-order valence-electron chi connectivity index (χ1n) is 12.7. The van der Waals surface area contributed by atoms with Gasteiger partial charge in [-0.15, -0.1) is 0 Å². The number of hydrogen-bond donors (Lipinski definition) is 2. The number of ether oxygens (including phenoxy) is 2. The van der Waals surface area contributed by atoms with Gasteiger partial charge in [0.2, 0.25) is 18.6 Å². The molecule has 5 rings (SSSR count). The Hall–Kier alpha value is -3.42. The van der Waals surface area contributed by atoms with Crippen LogP contribution in [0.15, 0.2) is 42.5 Å².